The number of hydrogen-bond donors (Lipinski definition) is 3. The number of rotatable bonds is 50. The highest BCUT2D eigenvalue weighted by Crippen LogP contribution is 2.16. The number of ketones is 3. The largest absolute Gasteiger partial charge is 0.394 e. The third-order valence-electron chi connectivity index (χ3n) is 12.2. The molecule has 0 aliphatic carbocycles. The van der Waals surface area contributed by atoms with Crippen molar-refractivity contribution in [2.75, 3.05) is 6.61 Å². The number of carbonyl (C=O) groups excluding carboxylic acids is 3. The van der Waals surface area contributed by atoms with Crippen LogP contribution in [0.1, 0.15) is 277 Å². The second kappa shape index (κ2) is 49.1. The quantitative estimate of drug-likeness (QED) is 0.0415. The van der Waals surface area contributed by atoms with Gasteiger partial charge in [0.05, 0.1) is 6.61 Å². The van der Waals surface area contributed by atoms with Crippen molar-refractivity contribution in [2.45, 2.75) is 289 Å². The van der Waals surface area contributed by atoms with E-state index in [2.05, 4.69) is 43.4 Å². The molecule has 61 heavy (non-hydrogen) atoms. The highest BCUT2D eigenvalue weighted by molar-refractivity contribution is 5.83. The van der Waals surface area contributed by atoms with Gasteiger partial charge >= 0.3 is 0 Å². The molecule has 0 fully saturated rings. The standard InChI is InChI=1S/C55H100O6/c1-2-3-4-5-6-7-8-15-20-25-30-35-40-45-51(57)46-41-36-31-26-21-16-11-9-12-17-22-27-32-37-42-47-52(58)48-43-38-33-28-23-18-13-10-14-19-24-29-34-39-44-49-53(59)55(61)54(60)50-56/h9-10,12,14,18,23,54-56,60-61H,2-8,11,13,15-17,19-22,24-50H2,1H3/b12-9-,14-10-,23-18-. The van der Waals surface area contributed by atoms with Gasteiger partial charge < -0.3 is 15.3 Å². The second-order valence-corrected chi connectivity index (χ2v) is 18.3. The van der Waals surface area contributed by atoms with Gasteiger partial charge in [0.25, 0.3) is 0 Å². The minimum absolute atomic E-state index is 0.247. The van der Waals surface area contributed by atoms with Crippen LogP contribution in [0.4, 0.5) is 0 Å². The maximum atomic E-state index is 12.3. The Kier molecular flexibility index (Phi) is 47.6. The number of Topliss-reactive ketones (excluding diaryl/α,β-unsaturated/α-hetero) is 3. The Morgan fingerprint density at radius 3 is 0.951 bits per heavy atom. The molecule has 2 atom stereocenters. The van der Waals surface area contributed by atoms with Gasteiger partial charge in [0.15, 0.2) is 5.78 Å². The molecule has 6 nitrogen and oxygen atoms in total. The Bertz CT molecular complexity index is 1050. The Hall–Kier alpha value is -1.89. The molecule has 6 heteroatoms. The zero-order chi connectivity index (χ0) is 44.5. The molecule has 0 heterocycles. The van der Waals surface area contributed by atoms with Gasteiger partial charge in [-0.05, 0) is 89.9 Å². The van der Waals surface area contributed by atoms with Gasteiger partial charge in [-0.1, -0.05) is 191 Å². The molecule has 0 saturated heterocycles. The number of carbonyl (C=O) groups is 3. The van der Waals surface area contributed by atoms with E-state index >= 15 is 0 Å². The fraction of sp³-hybridized carbons (Fsp3) is 0.836. The summed E-state index contributed by atoms with van der Waals surface area (Å²) in [6, 6.07) is 0. The molecule has 356 valence electrons. The summed E-state index contributed by atoms with van der Waals surface area (Å²) in [5, 5.41) is 27.7. The molecule has 0 aliphatic heterocycles. The number of hydrogen-bond acceptors (Lipinski definition) is 6. The topological polar surface area (TPSA) is 112 Å². The van der Waals surface area contributed by atoms with Gasteiger partial charge in [-0.25, -0.2) is 0 Å². The molecule has 0 aromatic carbocycles. The van der Waals surface area contributed by atoms with Crippen molar-refractivity contribution in [3.05, 3.63) is 36.5 Å². The summed E-state index contributed by atoms with van der Waals surface area (Å²) in [7, 11) is 0. The first kappa shape index (κ1) is 59.1. The van der Waals surface area contributed by atoms with Gasteiger partial charge in [-0.2, -0.15) is 0 Å². The van der Waals surface area contributed by atoms with Crippen LogP contribution in [0, 0.1) is 0 Å². The van der Waals surface area contributed by atoms with Gasteiger partial charge in [0.1, 0.15) is 23.8 Å². The molecule has 0 aromatic rings. The predicted molar refractivity (Wildman–Crippen MR) is 261 cm³/mol. The summed E-state index contributed by atoms with van der Waals surface area (Å²) >= 11 is 0. The maximum absolute atomic E-state index is 12.3. The summed E-state index contributed by atoms with van der Waals surface area (Å²) < 4.78 is 0. The molecule has 0 rings (SSSR count). The highest BCUT2D eigenvalue weighted by Gasteiger charge is 2.22. The van der Waals surface area contributed by atoms with Crippen molar-refractivity contribution in [3.63, 3.8) is 0 Å². The monoisotopic (exact) mass is 857 g/mol. The first-order chi connectivity index (χ1) is 29.9. The molecule has 0 spiro atoms. The van der Waals surface area contributed by atoms with Crippen LogP contribution in [-0.4, -0.2) is 51.5 Å². The summed E-state index contributed by atoms with van der Waals surface area (Å²) in [5.74, 6) is 0.544. The molecule has 0 aliphatic rings. The van der Waals surface area contributed by atoms with E-state index in [1.165, 1.54) is 148 Å². The zero-order valence-corrected chi connectivity index (χ0v) is 40.1. The molecule has 3 N–H and O–H groups in total. The Morgan fingerprint density at radius 1 is 0.361 bits per heavy atom. The van der Waals surface area contributed by atoms with E-state index in [1.807, 2.05) is 0 Å². The summed E-state index contributed by atoms with van der Waals surface area (Å²) in [4.78, 5) is 36.2. The number of unbranched alkanes of at least 4 members (excludes halogenated alkanes) is 31. The zero-order valence-electron chi connectivity index (χ0n) is 40.1. The average molecular weight is 857 g/mol. The van der Waals surface area contributed by atoms with Gasteiger partial charge in [-0.15, -0.1) is 0 Å². The fourth-order valence-electron chi connectivity index (χ4n) is 8.05. The molecule has 0 radical (unpaired) electrons. The summed E-state index contributed by atoms with van der Waals surface area (Å²) in [6.07, 6.45) is 59.1. The molecule has 0 aromatic heterocycles. The Balaban J connectivity index is 3.37. The lowest BCUT2D eigenvalue weighted by atomic mass is 10.0. The van der Waals surface area contributed by atoms with Crippen molar-refractivity contribution in [1.82, 2.24) is 0 Å². The summed E-state index contributed by atoms with van der Waals surface area (Å²) in [5.41, 5.74) is 0. The van der Waals surface area contributed by atoms with Crippen LogP contribution < -0.4 is 0 Å². The van der Waals surface area contributed by atoms with Crippen molar-refractivity contribution in [3.8, 4) is 0 Å². The number of aliphatic hydroxyl groups is 3. The van der Waals surface area contributed by atoms with Crippen molar-refractivity contribution in [1.29, 1.82) is 0 Å². The van der Waals surface area contributed by atoms with Crippen molar-refractivity contribution < 1.29 is 29.7 Å². The average Bonchev–Trinajstić information content (AvgIpc) is 3.26. The molecule has 0 saturated carbocycles. The van der Waals surface area contributed by atoms with E-state index in [9.17, 15) is 24.6 Å². The van der Waals surface area contributed by atoms with E-state index in [0.717, 1.165) is 109 Å². The second-order valence-electron chi connectivity index (χ2n) is 18.3. The SMILES string of the molecule is CCCCCCCCCCCCCCCC(=O)CCCCCCCC/C=C\CCCCCCCC(=O)CCCCC/C=C\C/C=C\CCCCCCCC(=O)C(O)C(O)CO. The van der Waals surface area contributed by atoms with Gasteiger partial charge in [0.2, 0.25) is 0 Å². The van der Waals surface area contributed by atoms with Crippen LogP contribution in [0.5, 0.6) is 0 Å². The highest BCUT2D eigenvalue weighted by atomic mass is 16.4. The number of aliphatic hydroxyl groups excluding tert-OH is 3. The summed E-state index contributed by atoms with van der Waals surface area (Å²) in [6.45, 7) is 1.68. The van der Waals surface area contributed by atoms with E-state index in [1.54, 1.807) is 0 Å². The number of allylic oxidation sites excluding steroid dienone is 6. The lowest BCUT2D eigenvalue weighted by Crippen LogP contribution is -2.36. The van der Waals surface area contributed by atoms with E-state index in [0.29, 0.717) is 18.0 Å². The normalized spacial score (nSPS) is 13.0. The fourth-order valence-corrected chi connectivity index (χ4v) is 8.05. The lowest BCUT2D eigenvalue weighted by molar-refractivity contribution is -0.134. The molecular weight excluding hydrogens is 757 g/mol. The maximum Gasteiger partial charge on any atom is 0.164 e. The van der Waals surface area contributed by atoms with Crippen molar-refractivity contribution >= 4 is 17.3 Å². The molecule has 0 bridgehead atoms. The van der Waals surface area contributed by atoms with Crippen LogP contribution in [-0.2, 0) is 14.4 Å². The minimum Gasteiger partial charge on any atom is -0.394 e. The smallest absolute Gasteiger partial charge is 0.164 e. The van der Waals surface area contributed by atoms with E-state index in [4.69, 9.17) is 5.11 Å². The van der Waals surface area contributed by atoms with E-state index < -0.39 is 24.6 Å². The molecule has 0 amide bonds. The Labute approximate surface area is 377 Å². The van der Waals surface area contributed by atoms with Crippen LogP contribution in [0.3, 0.4) is 0 Å². The van der Waals surface area contributed by atoms with Crippen LogP contribution in [0.2, 0.25) is 0 Å². The van der Waals surface area contributed by atoms with Crippen molar-refractivity contribution in [2.24, 2.45) is 0 Å². The minimum atomic E-state index is -1.47. The van der Waals surface area contributed by atoms with Crippen LogP contribution in [0.15, 0.2) is 36.5 Å². The third-order valence-corrected chi connectivity index (χ3v) is 12.2. The molecular formula is C55H100O6. The van der Waals surface area contributed by atoms with E-state index in [-0.39, 0.29) is 6.42 Å². The first-order valence-corrected chi connectivity index (χ1v) is 26.4. The third kappa shape index (κ3) is 45.9. The van der Waals surface area contributed by atoms with Gasteiger partial charge in [-0.3, -0.25) is 14.4 Å². The van der Waals surface area contributed by atoms with Gasteiger partial charge in [0, 0.05) is 32.1 Å². The lowest BCUT2D eigenvalue weighted by Gasteiger charge is -2.13. The molecule has 2 unspecified atom stereocenters. The Morgan fingerprint density at radius 2 is 0.623 bits per heavy atom. The van der Waals surface area contributed by atoms with Crippen LogP contribution in [0.25, 0.3) is 0 Å². The van der Waals surface area contributed by atoms with Crippen LogP contribution >= 0.6 is 0 Å². The first-order valence-electron chi connectivity index (χ1n) is 26.4. The predicted octanol–water partition coefficient (Wildman–Crippen LogP) is 15.5.